The fourth-order valence-electron chi connectivity index (χ4n) is 3.21. The van der Waals surface area contributed by atoms with Crippen LogP contribution in [0.25, 0.3) is 10.9 Å². The summed E-state index contributed by atoms with van der Waals surface area (Å²) in [6.07, 6.45) is 0.448. The van der Waals surface area contributed by atoms with Crippen LogP contribution in [-0.4, -0.2) is 32.9 Å². The summed E-state index contributed by atoms with van der Waals surface area (Å²) in [4.78, 5) is 30.0. The first-order valence-electron chi connectivity index (χ1n) is 10.0. The molecule has 7 heteroatoms. The number of fused-ring (bicyclic) bond motifs is 1. The highest BCUT2D eigenvalue weighted by Crippen LogP contribution is 2.20. The Morgan fingerprint density at radius 2 is 1.97 bits per heavy atom. The molecule has 1 atom stereocenters. The van der Waals surface area contributed by atoms with E-state index in [-0.39, 0.29) is 29.9 Å². The van der Waals surface area contributed by atoms with Crippen molar-refractivity contribution in [2.45, 2.75) is 44.9 Å². The molecule has 30 heavy (non-hydrogen) atoms. The van der Waals surface area contributed by atoms with E-state index in [0.717, 1.165) is 5.56 Å². The third-order valence-corrected chi connectivity index (χ3v) is 6.08. The van der Waals surface area contributed by atoms with E-state index in [1.807, 2.05) is 19.1 Å². The summed E-state index contributed by atoms with van der Waals surface area (Å²) in [5, 5.41) is 13.2. The van der Waals surface area contributed by atoms with Crippen molar-refractivity contribution in [2.24, 2.45) is 0 Å². The third-order valence-electron chi connectivity index (χ3n) is 5.11. The summed E-state index contributed by atoms with van der Waals surface area (Å²) in [5.41, 5.74) is 3.92. The number of hydrogen-bond acceptors (Lipinski definition) is 5. The number of carbonyl (C=O) groups excluding carboxylic acids is 1. The number of rotatable bonds is 8. The van der Waals surface area contributed by atoms with E-state index >= 15 is 0 Å². The molecule has 0 unspecified atom stereocenters. The number of para-hydroxylation sites is 1. The average Bonchev–Trinajstić information content (AvgIpc) is 2.73. The summed E-state index contributed by atoms with van der Waals surface area (Å²) >= 11 is 1.24. The predicted octanol–water partition coefficient (Wildman–Crippen LogP) is 3.37. The molecule has 0 aliphatic rings. The quantitative estimate of drug-likeness (QED) is 0.427. The lowest BCUT2D eigenvalue weighted by molar-refractivity contribution is -0.119. The molecule has 0 saturated carbocycles. The van der Waals surface area contributed by atoms with Gasteiger partial charge in [0.05, 0.1) is 22.7 Å². The van der Waals surface area contributed by atoms with Crippen molar-refractivity contribution in [3.8, 4) is 0 Å². The predicted molar refractivity (Wildman–Crippen MR) is 121 cm³/mol. The summed E-state index contributed by atoms with van der Waals surface area (Å²) in [6, 6.07) is 13.2. The van der Waals surface area contributed by atoms with Gasteiger partial charge in [-0.1, -0.05) is 42.1 Å². The molecule has 3 aromatic rings. The van der Waals surface area contributed by atoms with Gasteiger partial charge in [0.15, 0.2) is 5.16 Å². The largest absolute Gasteiger partial charge is 0.396 e. The Hall–Kier alpha value is -2.64. The minimum absolute atomic E-state index is 0.0165. The minimum Gasteiger partial charge on any atom is -0.396 e. The van der Waals surface area contributed by atoms with E-state index in [1.54, 1.807) is 22.8 Å². The van der Waals surface area contributed by atoms with Gasteiger partial charge in [-0.3, -0.25) is 14.2 Å². The molecule has 1 aromatic heterocycles. The Kier molecular flexibility index (Phi) is 7.29. The highest BCUT2D eigenvalue weighted by Gasteiger charge is 2.15. The van der Waals surface area contributed by atoms with Crippen molar-refractivity contribution in [1.82, 2.24) is 14.9 Å². The maximum Gasteiger partial charge on any atom is 0.262 e. The van der Waals surface area contributed by atoms with E-state index in [2.05, 4.69) is 36.3 Å². The van der Waals surface area contributed by atoms with E-state index < -0.39 is 0 Å². The number of aromatic nitrogens is 2. The molecule has 0 aliphatic heterocycles. The van der Waals surface area contributed by atoms with Crippen LogP contribution in [0, 0.1) is 13.8 Å². The van der Waals surface area contributed by atoms with Crippen molar-refractivity contribution < 1.29 is 9.90 Å². The van der Waals surface area contributed by atoms with E-state index in [0.29, 0.717) is 29.0 Å². The fourth-order valence-corrected chi connectivity index (χ4v) is 4.05. The van der Waals surface area contributed by atoms with E-state index in [4.69, 9.17) is 0 Å². The van der Waals surface area contributed by atoms with E-state index in [1.165, 1.54) is 22.9 Å². The zero-order valence-corrected chi connectivity index (χ0v) is 18.3. The molecule has 2 aromatic carbocycles. The van der Waals surface area contributed by atoms with Gasteiger partial charge in [0.1, 0.15) is 0 Å². The second kappa shape index (κ2) is 9.91. The van der Waals surface area contributed by atoms with Gasteiger partial charge in [-0.15, -0.1) is 0 Å². The van der Waals surface area contributed by atoms with Crippen LogP contribution in [0.2, 0.25) is 0 Å². The van der Waals surface area contributed by atoms with Crippen LogP contribution in [-0.2, 0) is 11.3 Å². The summed E-state index contributed by atoms with van der Waals surface area (Å²) < 4.78 is 1.54. The van der Waals surface area contributed by atoms with Gasteiger partial charge in [0.2, 0.25) is 5.91 Å². The van der Waals surface area contributed by atoms with Crippen molar-refractivity contribution in [1.29, 1.82) is 0 Å². The SMILES string of the molecule is Cc1ccc([C@@H](C)NC(=O)CSc2nc3ccccc3c(=O)n2CCCO)cc1C. The third kappa shape index (κ3) is 5.09. The summed E-state index contributed by atoms with van der Waals surface area (Å²) in [7, 11) is 0. The number of aliphatic hydroxyl groups excluding tert-OH is 1. The molecule has 6 nitrogen and oxygen atoms in total. The van der Waals surface area contributed by atoms with Crippen molar-refractivity contribution in [3.05, 3.63) is 69.5 Å². The Labute approximate surface area is 180 Å². The van der Waals surface area contributed by atoms with Gasteiger partial charge in [-0.2, -0.15) is 0 Å². The monoisotopic (exact) mass is 425 g/mol. The highest BCUT2D eigenvalue weighted by molar-refractivity contribution is 7.99. The van der Waals surface area contributed by atoms with Gasteiger partial charge in [0.25, 0.3) is 5.56 Å². The topological polar surface area (TPSA) is 84.2 Å². The first kappa shape index (κ1) is 22.1. The zero-order valence-electron chi connectivity index (χ0n) is 17.5. The second-order valence-electron chi connectivity index (χ2n) is 7.37. The molecule has 0 spiro atoms. The van der Waals surface area contributed by atoms with Gasteiger partial charge in [-0.25, -0.2) is 4.98 Å². The van der Waals surface area contributed by atoms with Crippen LogP contribution in [0.1, 0.15) is 36.1 Å². The molecule has 0 bridgehead atoms. The number of carbonyl (C=O) groups is 1. The Bertz CT molecular complexity index is 1110. The van der Waals surface area contributed by atoms with Gasteiger partial charge >= 0.3 is 0 Å². The molecule has 0 radical (unpaired) electrons. The molecule has 158 valence electrons. The van der Waals surface area contributed by atoms with Gasteiger partial charge in [0, 0.05) is 13.2 Å². The van der Waals surface area contributed by atoms with Crippen LogP contribution in [0.4, 0.5) is 0 Å². The van der Waals surface area contributed by atoms with Crippen LogP contribution in [0.3, 0.4) is 0 Å². The van der Waals surface area contributed by atoms with Crippen molar-refractivity contribution >= 4 is 28.6 Å². The summed E-state index contributed by atoms with van der Waals surface area (Å²) in [6.45, 7) is 6.41. The lowest BCUT2D eigenvalue weighted by Crippen LogP contribution is -2.29. The van der Waals surface area contributed by atoms with Crippen LogP contribution in [0.5, 0.6) is 0 Å². The van der Waals surface area contributed by atoms with Crippen molar-refractivity contribution in [3.63, 3.8) is 0 Å². The number of aryl methyl sites for hydroxylation is 2. The number of amides is 1. The number of nitrogens with zero attached hydrogens (tertiary/aromatic N) is 2. The fraction of sp³-hybridized carbons (Fsp3) is 0.348. The second-order valence-corrected chi connectivity index (χ2v) is 8.31. The van der Waals surface area contributed by atoms with Gasteiger partial charge in [-0.05, 0) is 56.0 Å². The van der Waals surface area contributed by atoms with Gasteiger partial charge < -0.3 is 10.4 Å². The number of benzene rings is 2. The maximum atomic E-state index is 12.8. The molecular formula is C23H27N3O3S. The zero-order chi connectivity index (χ0) is 21.7. The molecule has 1 amide bonds. The Morgan fingerprint density at radius 3 is 2.70 bits per heavy atom. The number of nitrogens with one attached hydrogen (secondary N) is 1. The normalized spacial score (nSPS) is 12.1. The molecule has 2 N–H and O–H groups in total. The molecule has 0 fully saturated rings. The lowest BCUT2D eigenvalue weighted by Gasteiger charge is -2.16. The first-order valence-corrected chi connectivity index (χ1v) is 11.0. The van der Waals surface area contributed by atoms with Crippen LogP contribution < -0.4 is 10.9 Å². The Balaban J connectivity index is 1.74. The Morgan fingerprint density at radius 1 is 1.20 bits per heavy atom. The molecule has 3 rings (SSSR count). The molecular weight excluding hydrogens is 398 g/mol. The minimum atomic E-state index is -0.152. The average molecular weight is 426 g/mol. The first-order chi connectivity index (χ1) is 14.4. The number of thioether (sulfide) groups is 1. The lowest BCUT2D eigenvalue weighted by atomic mass is 10.0. The van der Waals surface area contributed by atoms with Crippen LogP contribution >= 0.6 is 11.8 Å². The van der Waals surface area contributed by atoms with Crippen molar-refractivity contribution in [2.75, 3.05) is 12.4 Å². The molecule has 0 aliphatic carbocycles. The van der Waals surface area contributed by atoms with Crippen LogP contribution in [0.15, 0.2) is 52.4 Å². The maximum absolute atomic E-state index is 12.8. The smallest absolute Gasteiger partial charge is 0.262 e. The standard InChI is InChI=1S/C23H27N3O3S/c1-15-9-10-18(13-16(15)2)17(3)24-21(28)14-30-23-25-20-8-5-4-7-19(20)22(29)26(23)11-6-12-27/h4-5,7-10,13,17,27H,6,11-12,14H2,1-3H3,(H,24,28)/t17-/m1/s1. The van der Waals surface area contributed by atoms with E-state index in [9.17, 15) is 14.7 Å². The molecule has 1 heterocycles. The number of aliphatic hydroxyl groups is 1. The highest BCUT2D eigenvalue weighted by atomic mass is 32.2. The molecule has 0 saturated heterocycles. The number of hydrogen-bond donors (Lipinski definition) is 2. The summed E-state index contributed by atoms with van der Waals surface area (Å²) in [5.74, 6) is 0.0286.